The number of carboxylic acids is 1. The van der Waals surface area contributed by atoms with Crippen LogP contribution in [-0.2, 0) is 11.8 Å². The minimum Gasteiger partial charge on any atom is -0.478 e. The molecule has 0 atom stereocenters. The summed E-state index contributed by atoms with van der Waals surface area (Å²) in [4.78, 5) is 11.3. The minimum absolute atomic E-state index is 0.367. The lowest BCUT2D eigenvalue weighted by Gasteiger charge is -2.32. The van der Waals surface area contributed by atoms with Crippen molar-refractivity contribution in [2.24, 2.45) is 7.05 Å². The molecule has 0 aliphatic carbocycles. The van der Waals surface area contributed by atoms with E-state index in [4.69, 9.17) is 4.74 Å². The summed E-state index contributed by atoms with van der Waals surface area (Å²) in [5, 5.41) is 16.4. The average molecular weight is 225 g/mol. The molecule has 6 heteroatoms. The topological polar surface area (TPSA) is 76.4 Å². The molecule has 2 rings (SSSR count). The highest BCUT2D eigenvalue weighted by Crippen LogP contribution is 2.25. The molecule has 1 aromatic heterocycles. The number of rotatable bonds is 3. The lowest BCUT2D eigenvalue weighted by Crippen LogP contribution is -2.52. The van der Waals surface area contributed by atoms with Crippen molar-refractivity contribution in [3.8, 4) is 5.88 Å². The number of aryl methyl sites for hydroxylation is 1. The van der Waals surface area contributed by atoms with E-state index in [0.29, 0.717) is 31.8 Å². The fourth-order valence-electron chi connectivity index (χ4n) is 1.84. The normalized spacial score (nSPS) is 19.3. The number of carbonyl (C=O) groups is 1. The molecule has 2 heterocycles. The molecule has 6 nitrogen and oxygen atoms in total. The zero-order valence-corrected chi connectivity index (χ0v) is 9.14. The molecule has 2 N–H and O–H groups in total. The van der Waals surface area contributed by atoms with E-state index >= 15 is 0 Å². The van der Waals surface area contributed by atoms with Crippen LogP contribution in [0.4, 0.5) is 0 Å². The number of nitrogens with one attached hydrogen (secondary N) is 1. The number of aromatic nitrogens is 2. The third kappa shape index (κ3) is 2.01. The van der Waals surface area contributed by atoms with Gasteiger partial charge in [-0.05, 0) is 13.1 Å². The Kier molecular flexibility index (Phi) is 2.82. The predicted molar refractivity (Wildman–Crippen MR) is 56.3 cm³/mol. The van der Waals surface area contributed by atoms with Crippen LogP contribution in [-0.4, -0.2) is 39.5 Å². The third-order valence-corrected chi connectivity index (χ3v) is 2.79. The van der Waals surface area contributed by atoms with E-state index in [2.05, 4.69) is 10.4 Å². The van der Waals surface area contributed by atoms with Crippen LogP contribution in [0.3, 0.4) is 0 Å². The average Bonchev–Trinajstić information content (AvgIpc) is 2.65. The van der Waals surface area contributed by atoms with Crippen LogP contribution < -0.4 is 10.1 Å². The maximum absolute atomic E-state index is 11.3. The van der Waals surface area contributed by atoms with E-state index in [-0.39, 0.29) is 0 Å². The van der Waals surface area contributed by atoms with Crippen molar-refractivity contribution >= 4 is 5.97 Å². The van der Waals surface area contributed by atoms with Crippen molar-refractivity contribution in [1.82, 2.24) is 15.1 Å². The van der Waals surface area contributed by atoms with Gasteiger partial charge >= 0.3 is 5.97 Å². The fraction of sp³-hybridized carbons (Fsp3) is 0.600. The molecule has 1 aromatic rings. The van der Waals surface area contributed by atoms with Crippen molar-refractivity contribution in [2.75, 3.05) is 13.1 Å². The van der Waals surface area contributed by atoms with Crippen LogP contribution in [0.1, 0.15) is 12.8 Å². The molecule has 1 fully saturated rings. The molecule has 0 saturated carbocycles. The van der Waals surface area contributed by atoms with Crippen LogP contribution in [0.25, 0.3) is 0 Å². The molecule has 1 aliphatic rings. The van der Waals surface area contributed by atoms with Gasteiger partial charge in [0.25, 0.3) is 0 Å². The molecule has 0 aromatic carbocycles. The summed E-state index contributed by atoms with van der Waals surface area (Å²) in [7, 11) is 1.77. The number of hydrogen-bond acceptors (Lipinski definition) is 4. The first-order chi connectivity index (χ1) is 7.62. The van der Waals surface area contributed by atoms with E-state index in [1.54, 1.807) is 24.0 Å². The van der Waals surface area contributed by atoms with Crippen molar-refractivity contribution in [1.29, 1.82) is 0 Å². The lowest BCUT2D eigenvalue weighted by atomic mass is 9.92. The number of carboxylic acid groups (broad SMARTS) is 1. The SMILES string of the molecule is Cn1ccc(OC2(C(=O)O)CCNCC2)n1. The van der Waals surface area contributed by atoms with Gasteiger partial charge in [-0.1, -0.05) is 0 Å². The molecule has 88 valence electrons. The molecule has 1 saturated heterocycles. The van der Waals surface area contributed by atoms with Gasteiger partial charge in [-0.25, -0.2) is 4.79 Å². The van der Waals surface area contributed by atoms with E-state index in [1.807, 2.05) is 0 Å². The Bertz CT molecular complexity index is 382. The smallest absolute Gasteiger partial charge is 0.348 e. The monoisotopic (exact) mass is 225 g/mol. The van der Waals surface area contributed by atoms with E-state index < -0.39 is 11.6 Å². The molecule has 0 radical (unpaired) electrons. The van der Waals surface area contributed by atoms with Gasteiger partial charge < -0.3 is 15.2 Å². The van der Waals surface area contributed by atoms with Gasteiger partial charge in [-0.3, -0.25) is 4.68 Å². The van der Waals surface area contributed by atoms with Crippen molar-refractivity contribution in [2.45, 2.75) is 18.4 Å². The number of hydrogen-bond donors (Lipinski definition) is 2. The summed E-state index contributed by atoms with van der Waals surface area (Å²) in [5.74, 6) is -0.550. The van der Waals surface area contributed by atoms with Gasteiger partial charge in [0.2, 0.25) is 11.5 Å². The van der Waals surface area contributed by atoms with Crippen LogP contribution >= 0.6 is 0 Å². The molecular weight excluding hydrogens is 210 g/mol. The molecule has 16 heavy (non-hydrogen) atoms. The molecule has 0 amide bonds. The van der Waals surface area contributed by atoms with Crippen molar-refractivity contribution < 1.29 is 14.6 Å². The molecular formula is C10H15N3O3. The van der Waals surface area contributed by atoms with E-state index in [0.717, 1.165) is 0 Å². The Hall–Kier alpha value is -1.56. The summed E-state index contributed by atoms with van der Waals surface area (Å²) in [6, 6.07) is 1.67. The number of nitrogens with zero attached hydrogens (tertiary/aromatic N) is 2. The van der Waals surface area contributed by atoms with Crippen molar-refractivity contribution in [3.05, 3.63) is 12.3 Å². The Balaban J connectivity index is 2.16. The quantitative estimate of drug-likeness (QED) is 0.757. The Labute approximate surface area is 93.2 Å². The van der Waals surface area contributed by atoms with E-state index in [9.17, 15) is 9.90 Å². The fourth-order valence-corrected chi connectivity index (χ4v) is 1.84. The van der Waals surface area contributed by atoms with Crippen LogP contribution in [0, 0.1) is 0 Å². The largest absolute Gasteiger partial charge is 0.478 e. The highest BCUT2D eigenvalue weighted by atomic mass is 16.5. The zero-order chi connectivity index (χ0) is 11.6. The summed E-state index contributed by atoms with van der Waals surface area (Å²) in [6.45, 7) is 1.30. The van der Waals surface area contributed by atoms with E-state index in [1.165, 1.54) is 0 Å². The van der Waals surface area contributed by atoms with Gasteiger partial charge in [-0.15, -0.1) is 5.10 Å². The zero-order valence-electron chi connectivity index (χ0n) is 9.14. The van der Waals surface area contributed by atoms with Gasteiger partial charge in [0.15, 0.2) is 0 Å². The highest BCUT2D eigenvalue weighted by molar-refractivity contribution is 5.78. The first-order valence-corrected chi connectivity index (χ1v) is 5.25. The predicted octanol–water partition coefficient (Wildman–Crippen LogP) is 0.00570. The van der Waals surface area contributed by atoms with Crippen LogP contribution in [0.2, 0.25) is 0 Å². The van der Waals surface area contributed by atoms with Crippen LogP contribution in [0.5, 0.6) is 5.88 Å². The first kappa shape index (κ1) is 10.9. The van der Waals surface area contributed by atoms with Gasteiger partial charge in [-0.2, -0.15) is 0 Å². The summed E-state index contributed by atoms with van der Waals surface area (Å²) in [5.41, 5.74) is -1.13. The maximum Gasteiger partial charge on any atom is 0.348 e. The lowest BCUT2D eigenvalue weighted by molar-refractivity contribution is -0.158. The van der Waals surface area contributed by atoms with Gasteiger partial charge in [0.1, 0.15) is 0 Å². The number of aliphatic carboxylic acids is 1. The Morgan fingerprint density at radius 2 is 2.31 bits per heavy atom. The summed E-state index contributed by atoms with van der Waals surface area (Å²) >= 11 is 0. The number of piperidine rings is 1. The molecule has 0 bridgehead atoms. The maximum atomic E-state index is 11.3. The highest BCUT2D eigenvalue weighted by Gasteiger charge is 2.42. The first-order valence-electron chi connectivity index (χ1n) is 5.25. The Morgan fingerprint density at radius 3 is 2.81 bits per heavy atom. The van der Waals surface area contributed by atoms with Gasteiger partial charge in [0, 0.05) is 32.2 Å². The van der Waals surface area contributed by atoms with Gasteiger partial charge in [0.05, 0.1) is 0 Å². The Morgan fingerprint density at radius 1 is 1.62 bits per heavy atom. The second-order valence-electron chi connectivity index (χ2n) is 3.98. The molecule has 0 spiro atoms. The van der Waals surface area contributed by atoms with Crippen molar-refractivity contribution in [3.63, 3.8) is 0 Å². The second kappa shape index (κ2) is 4.13. The molecule has 0 unspecified atom stereocenters. The van der Waals surface area contributed by atoms with Crippen LogP contribution in [0.15, 0.2) is 12.3 Å². The minimum atomic E-state index is -1.13. The number of ether oxygens (including phenoxy) is 1. The second-order valence-corrected chi connectivity index (χ2v) is 3.98. The standard InChI is InChI=1S/C10H15N3O3/c1-13-7-2-8(12-13)16-10(9(14)15)3-5-11-6-4-10/h2,7,11H,3-6H2,1H3,(H,14,15). The summed E-state index contributed by atoms with van der Waals surface area (Å²) in [6.07, 6.45) is 2.64. The molecule has 1 aliphatic heterocycles. The summed E-state index contributed by atoms with van der Waals surface area (Å²) < 4.78 is 7.14. The third-order valence-electron chi connectivity index (χ3n) is 2.79.